The summed E-state index contributed by atoms with van der Waals surface area (Å²) in [6.45, 7) is 4.94. The van der Waals surface area contributed by atoms with E-state index in [1.54, 1.807) is 19.5 Å². The predicted octanol–water partition coefficient (Wildman–Crippen LogP) is 0.918. The van der Waals surface area contributed by atoms with Gasteiger partial charge in [-0.2, -0.15) is 0 Å². The quantitative estimate of drug-likeness (QED) is 0.790. The number of nitrogens with one attached hydrogen (secondary N) is 1. The maximum absolute atomic E-state index is 12.5. The molecule has 1 aromatic rings. The Hall–Kier alpha value is -1.66. The third kappa shape index (κ3) is 4.68. The first kappa shape index (κ1) is 15.7. The summed E-state index contributed by atoms with van der Waals surface area (Å²) in [5.41, 5.74) is 1.53. The lowest BCUT2D eigenvalue weighted by atomic mass is 10.2. The minimum atomic E-state index is 0.0659. The van der Waals surface area contributed by atoms with Crippen LogP contribution in [0, 0.1) is 0 Å². The van der Waals surface area contributed by atoms with Gasteiger partial charge >= 0.3 is 0 Å². The van der Waals surface area contributed by atoms with Crippen LogP contribution in [0.3, 0.4) is 0 Å². The standard InChI is InChI=1S/C15H24N4O2/c1-18-5-7-19(8-6-18)15(20)13-10-14(12-16-11-13)17-4-3-9-21-2/h10-12,17H,3-9H2,1-2H3. The van der Waals surface area contributed by atoms with Crippen molar-refractivity contribution in [3.8, 4) is 0 Å². The molecular formula is C15H24N4O2. The number of likely N-dealkylation sites (N-methyl/N-ethyl adjacent to an activating group) is 1. The zero-order valence-electron chi connectivity index (χ0n) is 12.8. The number of hydrogen-bond acceptors (Lipinski definition) is 5. The summed E-state index contributed by atoms with van der Waals surface area (Å²) in [6, 6.07) is 1.88. The highest BCUT2D eigenvalue weighted by Gasteiger charge is 2.20. The number of carbonyl (C=O) groups excluding carboxylic acids is 1. The van der Waals surface area contributed by atoms with Crippen LogP contribution in [-0.2, 0) is 4.74 Å². The molecular weight excluding hydrogens is 268 g/mol. The van der Waals surface area contributed by atoms with Crippen LogP contribution in [0.1, 0.15) is 16.8 Å². The van der Waals surface area contributed by atoms with Gasteiger partial charge in [0.05, 0.1) is 11.3 Å². The highest BCUT2D eigenvalue weighted by atomic mass is 16.5. The van der Waals surface area contributed by atoms with E-state index in [0.29, 0.717) is 5.56 Å². The fraction of sp³-hybridized carbons (Fsp3) is 0.600. The number of nitrogens with zero attached hydrogens (tertiary/aromatic N) is 3. The molecule has 0 atom stereocenters. The number of ether oxygens (including phenoxy) is 1. The molecule has 0 spiro atoms. The van der Waals surface area contributed by atoms with Crippen LogP contribution in [0.2, 0.25) is 0 Å². The minimum absolute atomic E-state index is 0.0659. The van der Waals surface area contributed by atoms with Gasteiger partial charge in [-0.3, -0.25) is 9.78 Å². The van der Waals surface area contributed by atoms with Crippen LogP contribution in [0.15, 0.2) is 18.5 Å². The monoisotopic (exact) mass is 292 g/mol. The van der Waals surface area contributed by atoms with Gasteiger partial charge in [0.15, 0.2) is 0 Å². The second-order valence-corrected chi connectivity index (χ2v) is 5.33. The predicted molar refractivity (Wildman–Crippen MR) is 82.6 cm³/mol. The molecule has 0 unspecified atom stereocenters. The summed E-state index contributed by atoms with van der Waals surface area (Å²) in [5.74, 6) is 0.0659. The number of pyridine rings is 1. The first-order valence-electron chi connectivity index (χ1n) is 7.36. The van der Waals surface area contributed by atoms with E-state index in [4.69, 9.17) is 4.74 Å². The average molecular weight is 292 g/mol. The van der Waals surface area contributed by atoms with Crippen molar-refractivity contribution in [3.05, 3.63) is 24.0 Å². The van der Waals surface area contributed by atoms with Crippen LogP contribution >= 0.6 is 0 Å². The van der Waals surface area contributed by atoms with Gasteiger partial charge in [-0.25, -0.2) is 0 Å². The van der Waals surface area contributed by atoms with E-state index in [9.17, 15) is 4.79 Å². The molecule has 0 radical (unpaired) electrons. The van der Waals surface area contributed by atoms with Crippen molar-refractivity contribution in [2.24, 2.45) is 0 Å². The molecule has 2 heterocycles. The van der Waals surface area contributed by atoms with E-state index >= 15 is 0 Å². The Morgan fingerprint density at radius 2 is 2.10 bits per heavy atom. The molecule has 1 amide bonds. The molecule has 116 valence electrons. The van der Waals surface area contributed by atoms with Crippen molar-refractivity contribution < 1.29 is 9.53 Å². The topological polar surface area (TPSA) is 57.7 Å². The van der Waals surface area contributed by atoms with Crippen LogP contribution in [0.4, 0.5) is 5.69 Å². The third-order valence-corrected chi connectivity index (χ3v) is 3.63. The zero-order chi connectivity index (χ0) is 15.1. The number of methoxy groups -OCH3 is 1. The third-order valence-electron chi connectivity index (χ3n) is 3.63. The smallest absolute Gasteiger partial charge is 0.255 e. The lowest BCUT2D eigenvalue weighted by Crippen LogP contribution is -2.47. The second-order valence-electron chi connectivity index (χ2n) is 5.33. The Balaban J connectivity index is 1.91. The van der Waals surface area contributed by atoms with Crippen molar-refractivity contribution >= 4 is 11.6 Å². The number of anilines is 1. The van der Waals surface area contributed by atoms with Crippen molar-refractivity contribution in [3.63, 3.8) is 0 Å². The normalized spacial score (nSPS) is 16.0. The van der Waals surface area contributed by atoms with Crippen LogP contribution in [-0.4, -0.2) is 74.2 Å². The Morgan fingerprint density at radius 1 is 1.33 bits per heavy atom. The molecule has 1 fully saturated rings. The van der Waals surface area contributed by atoms with Crippen molar-refractivity contribution in [2.45, 2.75) is 6.42 Å². The molecule has 1 aliphatic rings. The van der Waals surface area contributed by atoms with E-state index in [0.717, 1.165) is 51.4 Å². The molecule has 6 heteroatoms. The highest BCUT2D eigenvalue weighted by molar-refractivity contribution is 5.94. The summed E-state index contributed by atoms with van der Waals surface area (Å²) in [6.07, 6.45) is 4.31. The molecule has 1 saturated heterocycles. The Kier molecular flexibility index (Phi) is 5.95. The maximum atomic E-state index is 12.5. The Bertz CT molecular complexity index is 459. The summed E-state index contributed by atoms with van der Waals surface area (Å²) in [7, 11) is 3.77. The number of rotatable bonds is 6. The molecule has 1 aromatic heterocycles. The van der Waals surface area contributed by atoms with Gasteiger partial charge < -0.3 is 19.9 Å². The van der Waals surface area contributed by atoms with Gasteiger partial charge in [-0.1, -0.05) is 0 Å². The molecule has 6 nitrogen and oxygen atoms in total. The maximum Gasteiger partial charge on any atom is 0.255 e. The lowest BCUT2D eigenvalue weighted by molar-refractivity contribution is 0.0663. The van der Waals surface area contributed by atoms with Crippen LogP contribution in [0.25, 0.3) is 0 Å². The number of hydrogen-bond donors (Lipinski definition) is 1. The van der Waals surface area contributed by atoms with Gasteiger partial charge in [0.25, 0.3) is 5.91 Å². The number of piperazine rings is 1. The molecule has 21 heavy (non-hydrogen) atoms. The molecule has 1 N–H and O–H groups in total. The van der Waals surface area contributed by atoms with Gasteiger partial charge in [0.1, 0.15) is 0 Å². The fourth-order valence-corrected chi connectivity index (χ4v) is 2.29. The molecule has 0 aliphatic carbocycles. The summed E-state index contributed by atoms with van der Waals surface area (Å²) < 4.78 is 5.01. The SMILES string of the molecule is COCCCNc1cncc(C(=O)N2CCN(C)CC2)c1. The van der Waals surface area contributed by atoms with Gasteiger partial charge in [-0.05, 0) is 19.5 Å². The molecule has 2 rings (SSSR count). The summed E-state index contributed by atoms with van der Waals surface area (Å²) in [5, 5.41) is 3.26. The van der Waals surface area contributed by atoms with E-state index in [-0.39, 0.29) is 5.91 Å². The van der Waals surface area contributed by atoms with Gasteiger partial charge in [0.2, 0.25) is 0 Å². The van der Waals surface area contributed by atoms with Crippen molar-refractivity contribution in [2.75, 3.05) is 58.8 Å². The Morgan fingerprint density at radius 3 is 2.81 bits per heavy atom. The average Bonchev–Trinajstić information content (AvgIpc) is 2.52. The first-order chi connectivity index (χ1) is 10.2. The Labute approximate surface area is 126 Å². The highest BCUT2D eigenvalue weighted by Crippen LogP contribution is 2.12. The van der Waals surface area contributed by atoms with E-state index < -0.39 is 0 Å². The zero-order valence-corrected chi connectivity index (χ0v) is 12.8. The van der Waals surface area contributed by atoms with Crippen LogP contribution < -0.4 is 5.32 Å². The molecule has 1 aliphatic heterocycles. The lowest BCUT2D eigenvalue weighted by Gasteiger charge is -2.32. The van der Waals surface area contributed by atoms with Crippen molar-refractivity contribution in [1.82, 2.24) is 14.8 Å². The fourth-order valence-electron chi connectivity index (χ4n) is 2.29. The van der Waals surface area contributed by atoms with Gasteiger partial charge in [0, 0.05) is 58.8 Å². The van der Waals surface area contributed by atoms with Crippen molar-refractivity contribution in [1.29, 1.82) is 0 Å². The number of aromatic nitrogens is 1. The van der Waals surface area contributed by atoms with Gasteiger partial charge in [-0.15, -0.1) is 0 Å². The van der Waals surface area contributed by atoms with E-state index in [2.05, 4.69) is 22.2 Å². The number of amides is 1. The first-order valence-corrected chi connectivity index (χ1v) is 7.36. The molecule has 0 bridgehead atoms. The molecule has 0 saturated carbocycles. The second kappa shape index (κ2) is 7.95. The van der Waals surface area contributed by atoms with E-state index in [1.807, 2.05) is 11.0 Å². The largest absolute Gasteiger partial charge is 0.385 e. The van der Waals surface area contributed by atoms with E-state index in [1.165, 1.54) is 0 Å². The summed E-state index contributed by atoms with van der Waals surface area (Å²) >= 11 is 0. The number of carbonyl (C=O) groups is 1. The van der Waals surface area contributed by atoms with Crippen LogP contribution in [0.5, 0.6) is 0 Å². The minimum Gasteiger partial charge on any atom is -0.385 e. The summed E-state index contributed by atoms with van der Waals surface area (Å²) in [4.78, 5) is 20.7. The molecule has 0 aromatic carbocycles.